The van der Waals surface area contributed by atoms with Crippen molar-refractivity contribution >= 4 is 26.9 Å². The third-order valence-corrected chi connectivity index (χ3v) is 4.31. The van der Waals surface area contributed by atoms with E-state index < -0.39 is 15.9 Å². The summed E-state index contributed by atoms with van der Waals surface area (Å²) >= 11 is 0. The van der Waals surface area contributed by atoms with E-state index in [2.05, 4.69) is 10.0 Å². The topological polar surface area (TPSA) is 88.4 Å². The Kier molecular flexibility index (Phi) is 5.11. The minimum atomic E-state index is -3.40. The number of para-hydroxylation sites is 1. The highest BCUT2D eigenvalue weighted by Gasteiger charge is 2.25. The maximum atomic E-state index is 12.0. The zero-order valence-corrected chi connectivity index (χ0v) is 14.5. The Balaban J connectivity index is 2.24. The van der Waals surface area contributed by atoms with Crippen LogP contribution in [0.3, 0.4) is 0 Å². The fourth-order valence-electron chi connectivity index (χ4n) is 2.45. The second-order valence-electron chi connectivity index (χ2n) is 5.97. The molecule has 0 aliphatic carbocycles. The lowest BCUT2D eigenvalue weighted by Gasteiger charge is -2.21. The normalized spacial score (nSPS) is 13.4. The van der Waals surface area contributed by atoms with Gasteiger partial charge in [0.2, 0.25) is 15.9 Å². The van der Waals surface area contributed by atoms with Gasteiger partial charge in [-0.3, -0.25) is 4.79 Å². The fourth-order valence-corrected chi connectivity index (χ4v) is 2.84. The molecule has 0 bridgehead atoms. The molecule has 0 aliphatic rings. The first-order chi connectivity index (χ1) is 10.7. The lowest BCUT2D eigenvalue weighted by atomic mass is 9.98. The standard InChI is InChI=1S/C16H22N2O4S/c1-10(2)15(18-14(19)9-17-23(4,20)21)16-11(3)12-7-5-6-8-13(12)22-16/h5-8,10,15,17H,9H2,1-4H3,(H,18,19)/t15-/m0/s1. The molecule has 7 heteroatoms. The minimum absolute atomic E-state index is 0.0939. The highest BCUT2D eigenvalue weighted by atomic mass is 32.2. The summed E-state index contributed by atoms with van der Waals surface area (Å²) in [5, 5.41) is 3.86. The van der Waals surface area contributed by atoms with Crippen LogP contribution in [0.2, 0.25) is 0 Å². The maximum Gasteiger partial charge on any atom is 0.235 e. The monoisotopic (exact) mass is 338 g/mol. The molecule has 2 aromatic rings. The molecule has 0 unspecified atom stereocenters. The third-order valence-electron chi connectivity index (χ3n) is 3.64. The average Bonchev–Trinajstić information content (AvgIpc) is 2.79. The number of nitrogens with one attached hydrogen (secondary N) is 2. The lowest BCUT2D eigenvalue weighted by Crippen LogP contribution is -2.39. The molecule has 0 saturated carbocycles. The SMILES string of the molecule is Cc1c([C@@H](NC(=O)CNS(C)(=O)=O)C(C)C)oc2ccccc12. The summed E-state index contributed by atoms with van der Waals surface area (Å²) in [6.45, 7) is 5.61. The summed E-state index contributed by atoms with van der Waals surface area (Å²) in [7, 11) is -3.40. The van der Waals surface area contributed by atoms with Crippen LogP contribution < -0.4 is 10.0 Å². The van der Waals surface area contributed by atoms with E-state index in [1.54, 1.807) is 0 Å². The summed E-state index contributed by atoms with van der Waals surface area (Å²) in [6.07, 6.45) is 1.02. The van der Waals surface area contributed by atoms with Crippen LogP contribution >= 0.6 is 0 Å². The van der Waals surface area contributed by atoms with Gasteiger partial charge in [-0.15, -0.1) is 0 Å². The summed E-state index contributed by atoms with van der Waals surface area (Å²) in [4.78, 5) is 12.0. The Morgan fingerprint density at radius 1 is 1.26 bits per heavy atom. The number of fused-ring (bicyclic) bond motifs is 1. The van der Waals surface area contributed by atoms with Gasteiger partial charge in [-0.25, -0.2) is 13.1 Å². The van der Waals surface area contributed by atoms with Crippen LogP contribution in [-0.4, -0.2) is 27.1 Å². The average molecular weight is 338 g/mol. The summed E-state index contributed by atoms with van der Waals surface area (Å²) in [5.41, 5.74) is 1.75. The number of hydrogen-bond donors (Lipinski definition) is 2. The first-order valence-electron chi connectivity index (χ1n) is 7.41. The molecule has 1 aromatic heterocycles. The zero-order chi connectivity index (χ0) is 17.2. The second kappa shape index (κ2) is 6.72. The van der Waals surface area contributed by atoms with Gasteiger partial charge in [-0.2, -0.15) is 0 Å². The van der Waals surface area contributed by atoms with Crippen molar-refractivity contribution in [1.82, 2.24) is 10.0 Å². The van der Waals surface area contributed by atoms with Crippen LogP contribution in [0, 0.1) is 12.8 Å². The quantitative estimate of drug-likeness (QED) is 0.844. The predicted molar refractivity (Wildman–Crippen MR) is 89.5 cm³/mol. The number of rotatable bonds is 6. The highest BCUT2D eigenvalue weighted by Crippen LogP contribution is 2.32. The van der Waals surface area contributed by atoms with E-state index in [-0.39, 0.29) is 18.5 Å². The molecule has 2 N–H and O–H groups in total. The van der Waals surface area contributed by atoms with Crippen molar-refractivity contribution in [2.75, 3.05) is 12.8 Å². The number of sulfonamides is 1. The van der Waals surface area contributed by atoms with Gasteiger partial charge in [0.1, 0.15) is 11.3 Å². The van der Waals surface area contributed by atoms with Crippen molar-refractivity contribution in [3.63, 3.8) is 0 Å². The summed E-state index contributed by atoms with van der Waals surface area (Å²) in [5.74, 6) is 0.402. The van der Waals surface area contributed by atoms with Crippen LogP contribution in [0.1, 0.15) is 31.2 Å². The van der Waals surface area contributed by atoms with E-state index in [0.29, 0.717) is 5.76 Å². The number of amides is 1. The molecular weight excluding hydrogens is 316 g/mol. The van der Waals surface area contributed by atoms with E-state index in [1.165, 1.54) is 0 Å². The van der Waals surface area contributed by atoms with E-state index in [4.69, 9.17) is 4.42 Å². The van der Waals surface area contributed by atoms with Gasteiger partial charge in [0, 0.05) is 10.9 Å². The minimum Gasteiger partial charge on any atom is -0.459 e. The molecule has 0 fully saturated rings. The van der Waals surface area contributed by atoms with Crippen LogP contribution in [-0.2, 0) is 14.8 Å². The molecular formula is C16H22N2O4S. The van der Waals surface area contributed by atoms with E-state index in [1.807, 2.05) is 45.0 Å². The molecule has 0 radical (unpaired) electrons. The lowest BCUT2D eigenvalue weighted by molar-refractivity contribution is -0.121. The highest BCUT2D eigenvalue weighted by molar-refractivity contribution is 7.88. The zero-order valence-electron chi connectivity index (χ0n) is 13.7. The van der Waals surface area contributed by atoms with Crippen LogP contribution in [0.15, 0.2) is 28.7 Å². The molecule has 1 heterocycles. The number of furan rings is 1. The molecule has 126 valence electrons. The van der Waals surface area contributed by atoms with Gasteiger partial charge in [0.25, 0.3) is 0 Å². The Bertz CT molecular complexity index is 809. The Labute approximate surface area is 136 Å². The molecule has 1 amide bonds. The smallest absolute Gasteiger partial charge is 0.235 e. The summed E-state index contributed by atoms with van der Waals surface area (Å²) < 4.78 is 30.3. The van der Waals surface area contributed by atoms with Gasteiger partial charge >= 0.3 is 0 Å². The van der Waals surface area contributed by atoms with E-state index >= 15 is 0 Å². The largest absolute Gasteiger partial charge is 0.459 e. The first kappa shape index (κ1) is 17.5. The molecule has 6 nitrogen and oxygen atoms in total. The number of carbonyl (C=O) groups excluding carboxylic acids is 1. The molecule has 1 aromatic carbocycles. The van der Waals surface area contributed by atoms with E-state index in [9.17, 15) is 13.2 Å². The van der Waals surface area contributed by atoms with Crippen molar-refractivity contribution in [3.8, 4) is 0 Å². The fraction of sp³-hybridized carbons (Fsp3) is 0.438. The second-order valence-corrected chi connectivity index (χ2v) is 7.80. The number of aryl methyl sites for hydroxylation is 1. The Hall–Kier alpha value is -1.86. The molecule has 2 rings (SSSR count). The van der Waals surface area contributed by atoms with Gasteiger partial charge in [0.05, 0.1) is 18.8 Å². The molecule has 0 aliphatic heterocycles. The van der Waals surface area contributed by atoms with Crippen LogP contribution in [0.25, 0.3) is 11.0 Å². The van der Waals surface area contributed by atoms with Gasteiger partial charge in [0.15, 0.2) is 0 Å². The number of carbonyl (C=O) groups is 1. The molecule has 0 spiro atoms. The van der Waals surface area contributed by atoms with Crippen LogP contribution in [0.4, 0.5) is 0 Å². The van der Waals surface area contributed by atoms with Crippen molar-refractivity contribution < 1.29 is 17.6 Å². The first-order valence-corrected chi connectivity index (χ1v) is 9.30. The van der Waals surface area contributed by atoms with Crippen molar-refractivity contribution in [2.24, 2.45) is 5.92 Å². The molecule has 23 heavy (non-hydrogen) atoms. The molecule has 1 atom stereocenters. The van der Waals surface area contributed by atoms with Crippen molar-refractivity contribution in [1.29, 1.82) is 0 Å². The predicted octanol–water partition coefficient (Wildman–Crippen LogP) is 2.10. The van der Waals surface area contributed by atoms with Crippen molar-refractivity contribution in [2.45, 2.75) is 26.8 Å². The van der Waals surface area contributed by atoms with Crippen molar-refractivity contribution in [3.05, 3.63) is 35.6 Å². The number of hydrogen-bond acceptors (Lipinski definition) is 4. The third kappa shape index (κ3) is 4.33. The van der Waals surface area contributed by atoms with Gasteiger partial charge in [-0.1, -0.05) is 32.0 Å². The summed E-state index contributed by atoms with van der Waals surface area (Å²) in [6, 6.07) is 7.37. The van der Waals surface area contributed by atoms with Crippen LogP contribution in [0.5, 0.6) is 0 Å². The van der Waals surface area contributed by atoms with E-state index in [0.717, 1.165) is 22.8 Å². The number of benzene rings is 1. The van der Waals surface area contributed by atoms with Gasteiger partial charge < -0.3 is 9.73 Å². The Morgan fingerprint density at radius 3 is 2.48 bits per heavy atom. The molecule has 0 saturated heterocycles. The van der Waals surface area contributed by atoms with Gasteiger partial charge in [-0.05, 0) is 18.9 Å². The Morgan fingerprint density at radius 2 is 1.91 bits per heavy atom. The maximum absolute atomic E-state index is 12.0.